The molecule has 140 valence electrons. The van der Waals surface area contributed by atoms with Crippen LogP contribution in [0.15, 0.2) is 23.3 Å². The van der Waals surface area contributed by atoms with Gasteiger partial charge in [0.05, 0.1) is 19.8 Å². The van der Waals surface area contributed by atoms with Crippen LogP contribution in [0.3, 0.4) is 0 Å². The second kappa shape index (κ2) is 11.7. The minimum Gasteiger partial charge on any atom is -0.481 e. The second-order valence-electron chi connectivity index (χ2n) is 6.31. The third-order valence-electron chi connectivity index (χ3n) is 4.29. The predicted molar refractivity (Wildman–Crippen MR) is 101 cm³/mol. The summed E-state index contributed by atoms with van der Waals surface area (Å²) in [6.07, 6.45) is 9.68. The van der Waals surface area contributed by atoms with E-state index in [1.54, 1.807) is 13.3 Å². The Kier molecular flexibility index (Phi) is 9.12. The quantitative estimate of drug-likeness (QED) is 0.408. The number of nitrogens with zero attached hydrogens (tertiary/aromatic N) is 2. The van der Waals surface area contributed by atoms with Gasteiger partial charge in [0, 0.05) is 32.0 Å². The maximum Gasteiger partial charge on any atom is 0.213 e. The number of hydrogen-bond donors (Lipinski definition) is 2. The largest absolute Gasteiger partial charge is 0.481 e. The molecule has 1 aliphatic rings. The Bertz CT molecular complexity index is 516. The Hall–Kier alpha value is -1.82. The number of aromatic nitrogens is 1. The van der Waals surface area contributed by atoms with Gasteiger partial charge in [0.15, 0.2) is 5.96 Å². The molecule has 1 aromatic rings. The summed E-state index contributed by atoms with van der Waals surface area (Å²) in [7, 11) is 1.62. The van der Waals surface area contributed by atoms with E-state index < -0.39 is 0 Å². The van der Waals surface area contributed by atoms with Crippen LogP contribution in [0.5, 0.6) is 5.88 Å². The number of methoxy groups -OCH3 is 1. The smallest absolute Gasteiger partial charge is 0.213 e. The number of pyridine rings is 1. The fraction of sp³-hybridized carbons (Fsp3) is 0.684. The van der Waals surface area contributed by atoms with Crippen molar-refractivity contribution in [3.05, 3.63) is 23.9 Å². The molecule has 0 atom stereocenters. The lowest BCUT2D eigenvalue weighted by atomic mass is 9.98. The molecule has 1 saturated carbocycles. The van der Waals surface area contributed by atoms with Crippen LogP contribution in [-0.4, -0.2) is 43.9 Å². The summed E-state index contributed by atoms with van der Waals surface area (Å²) >= 11 is 0. The van der Waals surface area contributed by atoms with E-state index in [0.29, 0.717) is 18.5 Å². The van der Waals surface area contributed by atoms with Crippen LogP contribution in [0.2, 0.25) is 0 Å². The Morgan fingerprint density at radius 3 is 2.88 bits per heavy atom. The standard InChI is InChI=1S/C19H32N4O2/c1-3-20-19(23-15-16-10-12-21-18(14-16)24-2)22-11-7-13-25-17-8-5-4-6-9-17/h10,12,14,17H,3-9,11,13,15H2,1-2H3,(H2,20,22,23). The minimum atomic E-state index is 0.484. The number of rotatable bonds is 9. The monoisotopic (exact) mass is 348 g/mol. The van der Waals surface area contributed by atoms with Crippen molar-refractivity contribution in [2.24, 2.45) is 4.99 Å². The molecule has 0 bridgehead atoms. The summed E-state index contributed by atoms with van der Waals surface area (Å²) in [4.78, 5) is 8.73. The molecule has 0 radical (unpaired) electrons. The van der Waals surface area contributed by atoms with Crippen LogP contribution < -0.4 is 15.4 Å². The van der Waals surface area contributed by atoms with E-state index in [2.05, 4.69) is 27.5 Å². The van der Waals surface area contributed by atoms with Crippen molar-refractivity contribution in [3.8, 4) is 5.88 Å². The molecular formula is C19H32N4O2. The highest BCUT2D eigenvalue weighted by Crippen LogP contribution is 2.20. The molecule has 0 spiro atoms. The second-order valence-corrected chi connectivity index (χ2v) is 6.31. The van der Waals surface area contributed by atoms with Crippen molar-refractivity contribution in [1.29, 1.82) is 0 Å². The molecule has 0 unspecified atom stereocenters. The van der Waals surface area contributed by atoms with Crippen LogP contribution in [0.4, 0.5) is 0 Å². The van der Waals surface area contributed by atoms with Gasteiger partial charge >= 0.3 is 0 Å². The van der Waals surface area contributed by atoms with E-state index in [9.17, 15) is 0 Å². The fourth-order valence-electron chi connectivity index (χ4n) is 2.93. The van der Waals surface area contributed by atoms with E-state index in [4.69, 9.17) is 9.47 Å². The number of nitrogens with one attached hydrogen (secondary N) is 2. The first-order valence-electron chi connectivity index (χ1n) is 9.44. The molecule has 1 aromatic heterocycles. The van der Waals surface area contributed by atoms with Crippen LogP contribution in [-0.2, 0) is 11.3 Å². The van der Waals surface area contributed by atoms with Gasteiger partial charge in [-0.2, -0.15) is 0 Å². The first-order chi connectivity index (χ1) is 12.3. The van der Waals surface area contributed by atoms with Gasteiger partial charge in [0.25, 0.3) is 0 Å². The highest BCUT2D eigenvalue weighted by atomic mass is 16.5. The first-order valence-corrected chi connectivity index (χ1v) is 9.44. The van der Waals surface area contributed by atoms with E-state index in [-0.39, 0.29) is 0 Å². The zero-order chi connectivity index (χ0) is 17.7. The topological polar surface area (TPSA) is 67.8 Å². The van der Waals surface area contributed by atoms with Crippen molar-refractivity contribution in [2.75, 3.05) is 26.8 Å². The van der Waals surface area contributed by atoms with Crippen molar-refractivity contribution < 1.29 is 9.47 Å². The summed E-state index contributed by atoms with van der Waals surface area (Å²) in [5.41, 5.74) is 1.07. The Morgan fingerprint density at radius 1 is 1.28 bits per heavy atom. The molecule has 0 aliphatic heterocycles. The Labute approximate surface area is 151 Å². The summed E-state index contributed by atoms with van der Waals surface area (Å²) in [6, 6.07) is 3.86. The van der Waals surface area contributed by atoms with E-state index in [1.165, 1.54) is 32.1 Å². The lowest BCUT2D eigenvalue weighted by molar-refractivity contribution is 0.0277. The van der Waals surface area contributed by atoms with Gasteiger partial charge in [-0.05, 0) is 37.8 Å². The average Bonchev–Trinajstić information content (AvgIpc) is 2.66. The SMILES string of the molecule is CCNC(=NCc1ccnc(OC)c1)NCCCOC1CCCCC1. The molecule has 1 aliphatic carbocycles. The number of hydrogen-bond acceptors (Lipinski definition) is 4. The van der Waals surface area contributed by atoms with Crippen LogP contribution in [0.1, 0.15) is 51.0 Å². The zero-order valence-corrected chi connectivity index (χ0v) is 15.6. The molecule has 2 N–H and O–H groups in total. The molecule has 1 fully saturated rings. The van der Waals surface area contributed by atoms with Crippen molar-refractivity contribution >= 4 is 5.96 Å². The van der Waals surface area contributed by atoms with Gasteiger partial charge in [-0.25, -0.2) is 9.98 Å². The van der Waals surface area contributed by atoms with Gasteiger partial charge in [0.1, 0.15) is 0 Å². The summed E-state index contributed by atoms with van der Waals surface area (Å²) in [5, 5.41) is 6.64. The zero-order valence-electron chi connectivity index (χ0n) is 15.6. The summed E-state index contributed by atoms with van der Waals surface area (Å²) < 4.78 is 11.1. The maximum absolute atomic E-state index is 5.96. The van der Waals surface area contributed by atoms with Crippen LogP contribution >= 0.6 is 0 Å². The molecule has 0 amide bonds. The van der Waals surface area contributed by atoms with Gasteiger partial charge in [0.2, 0.25) is 5.88 Å². The molecule has 6 nitrogen and oxygen atoms in total. The highest BCUT2D eigenvalue weighted by Gasteiger charge is 2.12. The number of ether oxygens (including phenoxy) is 2. The van der Waals surface area contributed by atoms with E-state index in [0.717, 1.165) is 37.6 Å². The molecule has 25 heavy (non-hydrogen) atoms. The Morgan fingerprint density at radius 2 is 2.12 bits per heavy atom. The molecular weight excluding hydrogens is 316 g/mol. The summed E-state index contributed by atoms with van der Waals surface area (Å²) in [5.74, 6) is 1.45. The van der Waals surface area contributed by atoms with Crippen LogP contribution in [0, 0.1) is 0 Å². The maximum atomic E-state index is 5.96. The number of aliphatic imine (C=N–C) groups is 1. The summed E-state index contributed by atoms with van der Waals surface area (Å²) in [6.45, 7) is 5.17. The fourth-order valence-corrected chi connectivity index (χ4v) is 2.93. The molecule has 0 saturated heterocycles. The molecule has 0 aromatic carbocycles. The molecule has 2 rings (SSSR count). The lowest BCUT2D eigenvalue weighted by Gasteiger charge is -2.22. The van der Waals surface area contributed by atoms with E-state index in [1.807, 2.05) is 12.1 Å². The lowest BCUT2D eigenvalue weighted by Crippen LogP contribution is -2.38. The third kappa shape index (κ3) is 7.73. The van der Waals surface area contributed by atoms with Gasteiger partial charge in [-0.3, -0.25) is 0 Å². The van der Waals surface area contributed by atoms with Crippen molar-refractivity contribution in [3.63, 3.8) is 0 Å². The highest BCUT2D eigenvalue weighted by molar-refractivity contribution is 5.79. The van der Waals surface area contributed by atoms with E-state index >= 15 is 0 Å². The minimum absolute atomic E-state index is 0.484. The third-order valence-corrected chi connectivity index (χ3v) is 4.29. The van der Waals surface area contributed by atoms with Crippen molar-refractivity contribution in [2.45, 2.75) is 58.1 Å². The average molecular weight is 348 g/mol. The van der Waals surface area contributed by atoms with Gasteiger partial charge in [-0.1, -0.05) is 19.3 Å². The normalized spacial score (nSPS) is 15.8. The Balaban J connectivity index is 1.69. The predicted octanol–water partition coefficient (Wildman–Crippen LogP) is 2.88. The molecule has 1 heterocycles. The van der Waals surface area contributed by atoms with Gasteiger partial charge in [-0.15, -0.1) is 0 Å². The number of guanidine groups is 1. The van der Waals surface area contributed by atoms with Gasteiger partial charge < -0.3 is 20.1 Å². The molecule has 6 heteroatoms. The van der Waals surface area contributed by atoms with Crippen LogP contribution in [0.25, 0.3) is 0 Å². The first kappa shape index (κ1) is 19.5. The van der Waals surface area contributed by atoms with Crippen molar-refractivity contribution in [1.82, 2.24) is 15.6 Å².